The van der Waals surface area contributed by atoms with E-state index in [1.54, 1.807) is 0 Å². The lowest BCUT2D eigenvalue weighted by Gasteiger charge is -1.97. The second-order valence-corrected chi connectivity index (χ2v) is 1.94. The standard InChI is InChI=1S/C8H9FO/c9-7-10-6-8-4-2-1-3-5-8/h1-5H,6-7H2. The van der Waals surface area contributed by atoms with Crippen molar-refractivity contribution in [2.24, 2.45) is 0 Å². The number of hydrogen-bond acceptors (Lipinski definition) is 1. The molecule has 0 spiro atoms. The Kier molecular flexibility index (Phi) is 2.90. The van der Waals surface area contributed by atoms with Crippen LogP contribution in [0.4, 0.5) is 4.39 Å². The van der Waals surface area contributed by atoms with Gasteiger partial charge in [0.1, 0.15) is 0 Å². The van der Waals surface area contributed by atoms with Crippen molar-refractivity contribution < 1.29 is 9.13 Å². The maximum Gasteiger partial charge on any atom is 0.188 e. The van der Waals surface area contributed by atoms with Crippen LogP contribution in [0, 0.1) is 0 Å². The molecule has 0 fully saturated rings. The van der Waals surface area contributed by atoms with Gasteiger partial charge in [0.25, 0.3) is 0 Å². The van der Waals surface area contributed by atoms with E-state index >= 15 is 0 Å². The molecule has 0 aliphatic rings. The van der Waals surface area contributed by atoms with Crippen LogP contribution in [0.2, 0.25) is 0 Å². The Morgan fingerprint density at radius 2 is 1.90 bits per heavy atom. The predicted octanol–water partition coefficient (Wildman–Crippen LogP) is 2.13. The van der Waals surface area contributed by atoms with Gasteiger partial charge in [0.05, 0.1) is 6.61 Å². The molecular weight excluding hydrogens is 131 g/mol. The van der Waals surface area contributed by atoms with Gasteiger partial charge in [-0.3, -0.25) is 0 Å². The minimum absolute atomic E-state index is 0.358. The van der Waals surface area contributed by atoms with Crippen molar-refractivity contribution in [2.75, 3.05) is 6.86 Å². The molecule has 54 valence electrons. The minimum atomic E-state index is -0.713. The summed E-state index contributed by atoms with van der Waals surface area (Å²) in [7, 11) is 0. The maximum atomic E-state index is 11.5. The first-order valence-corrected chi connectivity index (χ1v) is 3.11. The predicted molar refractivity (Wildman–Crippen MR) is 37.2 cm³/mol. The molecule has 1 nitrogen and oxygen atoms in total. The molecule has 1 rings (SSSR count). The van der Waals surface area contributed by atoms with E-state index in [2.05, 4.69) is 4.74 Å². The molecule has 0 saturated carbocycles. The zero-order valence-corrected chi connectivity index (χ0v) is 5.59. The summed E-state index contributed by atoms with van der Waals surface area (Å²) in [5.41, 5.74) is 1.00. The van der Waals surface area contributed by atoms with Crippen molar-refractivity contribution in [3.05, 3.63) is 35.9 Å². The smallest absolute Gasteiger partial charge is 0.188 e. The molecule has 0 N–H and O–H groups in total. The third kappa shape index (κ3) is 2.15. The fraction of sp³-hybridized carbons (Fsp3) is 0.250. The number of halogens is 1. The van der Waals surface area contributed by atoms with E-state index in [9.17, 15) is 4.39 Å². The molecule has 2 heteroatoms. The van der Waals surface area contributed by atoms with Crippen molar-refractivity contribution in [2.45, 2.75) is 6.61 Å². The summed E-state index contributed by atoms with van der Waals surface area (Å²) in [5.74, 6) is 0. The van der Waals surface area contributed by atoms with Gasteiger partial charge in [-0.05, 0) is 5.56 Å². The summed E-state index contributed by atoms with van der Waals surface area (Å²) >= 11 is 0. The molecular formula is C8H9FO. The zero-order chi connectivity index (χ0) is 7.23. The summed E-state index contributed by atoms with van der Waals surface area (Å²) < 4.78 is 16.0. The van der Waals surface area contributed by atoms with E-state index in [-0.39, 0.29) is 0 Å². The normalized spacial score (nSPS) is 9.70. The fourth-order valence-corrected chi connectivity index (χ4v) is 0.731. The second kappa shape index (κ2) is 4.01. The topological polar surface area (TPSA) is 9.23 Å². The molecule has 0 amide bonds. The lowest BCUT2D eigenvalue weighted by Crippen LogP contribution is -1.89. The van der Waals surface area contributed by atoms with Crippen molar-refractivity contribution in [3.8, 4) is 0 Å². The Morgan fingerprint density at radius 1 is 1.20 bits per heavy atom. The Balaban J connectivity index is 2.43. The molecule has 10 heavy (non-hydrogen) atoms. The highest BCUT2D eigenvalue weighted by atomic mass is 19.1. The lowest BCUT2D eigenvalue weighted by atomic mass is 10.2. The van der Waals surface area contributed by atoms with Gasteiger partial charge in [-0.2, -0.15) is 0 Å². The van der Waals surface area contributed by atoms with Crippen LogP contribution < -0.4 is 0 Å². The van der Waals surface area contributed by atoms with E-state index in [0.29, 0.717) is 6.61 Å². The molecule has 0 bridgehead atoms. The van der Waals surface area contributed by atoms with E-state index < -0.39 is 6.86 Å². The Hall–Kier alpha value is -0.890. The third-order valence-corrected chi connectivity index (χ3v) is 1.19. The summed E-state index contributed by atoms with van der Waals surface area (Å²) in [6, 6.07) is 9.51. The zero-order valence-electron chi connectivity index (χ0n) is 5.59. The van der Waals surface area contributed by atoms with E-state index in [1.165, 1.54) is 0 Å². The van der Waals surface area contributed by atoms with E-state index in [0.717, 1.165) is 5.56 Å². The van der Waals surface area contributed by atoms with Crippen molar-refractivity contribution in [1.29, 1.82) is 0 Å². The minimum Gasteiger partial charge on any atom is -0.346 e. The highest BCUT2D eigenvalue weighted by Gasteiger charge is 1.88. The van der Waals surface area contributed by atoms with Crippen LogP contribution in [0.3, 0.4) is 0 Å². The highest BCUT2D eigenvalue weighted by molar-refractivity contribution is 5.13. The maximum absolute atomic E-state index is 11.5. The molecule has 1 aromatic carbocycles. The van der Waals surface area contributed by atoms with Crippen LogP contribution in [-0.4, -0.2) is 6.86 Å². The van der Waals surface area contributed by atoms with Crippen LogP contribution in [0.15, 0.2) is 30.3 Å². The summed E-state index contributed by atoms with van der Waals surface area (Å²) in [5, 5.41) is 0. The van der Waals surface area contributed by atoms with Crippen molar-refractivity contribution in [3.63, 3.8) is 0 Å². The number of rotatable bonds is 3. The first kappa shape index (κ1) is 7.22. The Labute approximate surface area is 59.4 Å². The quantitative estimate of drug-likeness (QED) is 0.625. The average Bonchev–Trinajstić information content (AvgIpc) is 2.03. The number of benzene rings is 1. The van der Waals surface area contributed by atoms with Crippen LogP contribution in [0.25, 0.3) is 0 Å². The summed E-state index contributed by atoms with van der Waals surface area (Å²) in [6.45, 7) is -0.355. The average molecular weight is 140 g/mol. The van der Waals surface area contributed by atoms with Crippen LogP contribution in [0.5, 0.6) is 0 Å². The van der Waals surface area contributed by atoms with Gasteiger partial charge in [-0.15, -0.1) is 0 Å². The molecule has 0 atom stereocenters. The van der Waals surface area contributed by atoms with Crippen molar-refractivity contribution >= 4 is 0 Å². The van der Waals surface area contributed by atoms with Crippen molar-refractivity contribution in [1.82, 2.24) is 0 Å². The molecule has 0 unspecified atom stereocenters. The van der Waals surface area contributed by atoms with Crippen LogP contribution in [0.1, 0.15) is 5.56 Å². The van der Waals surface area contributed by atoms with Crippen LogP contribution in [-0.2, 0) is 11.3 Å². The third-order valence-electron chi connectivity index (χ3n) is 1.19. The van der Waals surface area contributed by atoms with Crippen LogP contribution >= 0.6 is 0 Å². The number of alkyl halides is 1. The number of ether oxygens (including phenoxy) is 1. The first-order valence-electron chi connectivity index (χ1n) is 3.11. The van der Waals surface area contributed by atoms with Gasteiger partial charge in [0.15, 0.2) is 6.86 Å². The monoisotopic (exact) mass is 140 g/mol. The van der Waals surface area contributed by atoms with Gasteiger partial charge >= 0.3 is 0 Å². The van der Waals surface area contributed by atoms with E-state index in [4.69, 9.17) is 0 Å². The largest absolute Gasteiger partial charge is 0.346 e. The molecule has 1 aromatic rings. The Morgan fingerprint density at radius 3 is 2.50 bits per heavy atom. The van der Waals surface area contributed by atoms with Gasteiger partial charge in [-0.25, -0.2) is 4.39 Å². The van der Waals surface area contributed by atoms with E-state index in [1.807, 2.05) is 30.3 Å². The molecule has 0 aliphatic heterocycles. The first-order chi connectivity index (χ1) is 4.93. The molecule has 0 saturated heterocycles. The molecule has 0 heterocycles. The second-order valence-electron chi connectivity index (χ2n) is 1.94. The molecule has 0 aromatic heterocycles. The highest BCUT2D eigenvalue weighted by Crippen LogP contribution is 1.99. The van der Waals surface area contributed by atoms with Gasteiger partial charge < -0.3 is 4.74 Å². The van der Waals surface area contributed by atoms with Gasteiger partial charge in [0.2, 0.25) is 0 Å². The summed E-state index contributed by atoms with van der Waals surface area (Å²) in [6.07, 6.45) is 0. The van der Waals surface area contributed by atoms with Gasteiger partial charge in [-0.1, -0.05) is 30.3 Å². The lowest BCUT2D eigenvalue weighted by molar-refractivity contribution is 0.0462. The number of hydrogen-bond donors (Lipinski definition) is 0. The Bertz CT molecular complexity index is 174. The molecule has 0 radical (unpaired) electrons. The SMILES string of the molecule is FCOCc1ccccc1. The fourth-order valence-electron chi connectivity index (χ4n) is 0.731. The summed E-state index contributed by atoms with van der Waals surface area (Å²) in [4.78, 5) is 0. The van der Waals surface area contributed by atoms with Gasteiger partial charge in [0, 0.05) is 0 Å². The molecule has 0 aliphatic carbocycles.